The Balaban J connectivity index is 2.08. The zero-order valence-corrected chi connectivity index (χ0v) is 11.7. The maximum absolute atomic E-state index is 12.3. The van der Waals surface area contributed by atoms with E-state index in [2.05, 4.69) is 15.7 Å². The van der Waals surface area contributed by atoms with Crippen LogP contribution >= 0.6 is 0 Å². The molecule has 1 amide bonds. The van der Waals surface area contributed by atoms with Crippen molar-refractivity contribution in [2.24, 2.45) is 0 Å². The summed E-state index contributed by atoms with van der Waals surface area (Å²) in [6.07, 6.45) is 5.19. The van der Waals surface area contributed by atoms with Gasteiger partial charge in [-0.3, -0.25) is 15.2 Å². The van der Waals surface area contributed by atoms with Gasteiger partial charge in [0.05, 0.1) is 11.3 Å². The highest BCUT2D eigenvalue weighted by Gasteiger charge is 2.17. The Morgan fingerprint density at radius 3 is 2.79 bits per heavy atom. The van der Waals surface area contributed by atoms with Crippen molar-refractivity contribution in [3.05, 3.63) is 23.5 Å². The minimum atomic E-state index is -0.0784. The van der Waals surface area contributed by atoms with E-state index in [4.69, 9.17) is 0 Å². The Morgan fingerprint density at radius 2 is 2.11 bits per heavy atom. The first-order chi connectivity index (χ1) is 9.20. The van der Waals surface area contributed by atoms with Gasteiger partial charge >= 0.3 is 0 Å². The predicted octanol–water partition coefficient (Wildman–Crippen LogP) is 1.95. The number of nitrogens with one attached hydrogen (secondary N) is 2. The zero-order valence-electron chi connectivity index (χ0n) is 11.7. The van der Waals surface area contributed by atoms with Crippen molar-refractivity contribution in [3.8, 4) is 0 Å². The molecule has 0 aromatic carbocycles. The number of hydrogen-bond acceptors (Lipinski definition) is 4. The van der Waals surface area contributed by atoms with E-state index >= 15 is 0 Å². The number of pyridine rings is 1. The number of hydrogen-bond donors (Lipinski definition) is 2. The SMILES string of the molecule is CCNc1cc(C)ncc1C(=O)NN1CCCCC1. The van der Waals surface area contributed by atoms with Gasteiger partial charge in [0.1, 0.15) is 0 Å². The summed E-state index contributed by atoms with van der Waals surface area (Å²) in [5.74, 6) is -0.0784. The molecule has 0 spiro atoms. The number of rotatable bonds is 4. The Morgan fingerprint density at radius 1 is 1.37 bits per heavy atom. The topological polar surface area (TPSA) is 57.3 Å². The van der Waals surface area contributed by atoms with E-state index in [1.807, 2.05) is 24.9 Å². The van der Waals surface area contributed by atoms with Crippen LogP contribution in [0.3, 0.4) is 0 Å². The highest BCUT2D eigenvalue weighted by Crippen LogP contribution is 2.16. The van der Waals surface area contributed by atoms with Gasteiger partial charge in [0, 0.05) is 31.5 Å². The number of anilines is 1. The Kier molecular flexibility index (Phi) is 4.74. The van der Waals surface area contributed by atoms with Gasteiger partial charge in [0.2, 0.25) is 0 Å². The molecule has 1 fully saturated rings. The van der Waals surface area contributed by atoms with E-state index in [1.54, 1.807) is 6.20 Å². The van der Waals surface area contributed by atoms with E-state index in [1.165, 1.54) is 6.42 Å². The second-order valence-electron chi connectivity index (χ2n) is 4.89. The summed E-state index contributed by atoms with van der Waals surface area (Å²) < 4.78 is 0. The molecule has 1 saturated heterocycles. The summed E-state index contributed by atoms with van der Waals surface area (Å²) in [7, 11) is 0. The molecule has 0 saturated carbocycles. The molecule has 1 aliphatic rings. The van der Waals surface area contributed by atoms with E-state index in [-0.39, 0.29) is 5.91 Å². The van der Waals surface area contributed by atoms with E-state index in [0.29, 0.717) is 5.56 Å². The molecule has 1 aliphatic heterocycles. The first-order valence-electron chi connectivity index (χ1n) is 6.97. The van der Waals surface area contributed by atoms with Gasteiger partial charge in [0.25, 0.3) is 5.91 Å². The standard InChI is InChI=1S/C14H22N4O/c1-3-15-13-9-11(2)16-10-12(13)14(19)17-18-7-5-4-6-8-18/h9-10H,3-8H2,1-2H3,(H,15,16)(H,17,19). The fourth-order valence-corrected chi connectivity index (χ4v) is 2.29. The van der Waals surface area contributed by atoms with Gasteiger partial charge in [-0.25, -0.2) is 5.01 Å². The lowest BCUT2D eigenvalue weighted by molar-refractivity contribution is 0.0750. The quantitative estimate of drug-likeness (QED) is 0.871. The minimum Gasteiger partial charge on any atom is -0.385 e. The monoisotopic (exact) mass is 262 g/mol. The van der Waals surface area contributed by atoms with Crippen molar-refractivity contribution in [2.75, 3.05) is 25.0 Å². The molecule has 19 heavy (non-hydrogen) atoms. The van der Waals surface area contributed by atoms with Crippen LogP contribution in [0, 0.1) is 6.92 Å². The van der Waals surface area contributed by atoms with Gasteiger partial charge in [-0.1, -0.05) is 6.42 Å². The molecule has 1 aromatic heterocycles. The van der Waals surface area contributed by atoms with Crippen LogP contribution in [-0.2, 0) is 0 Å². The molecule has 104 valence electrons. The molecule has 0 unspecified atom stereocenters. The van der Waals surface area contributed by atoms with Crippen molar-refractivity contribution >= 4 is 11.6 Å². The van der Waals surface area contributed by atoms with Crippen molar-refractivity contribution in [3.63, 3.8) is 0 Å². The average Bonchev–Trinajstić information content (AvgIpc) is 2.40. The number of nitrogens with zero attached hydrogens (tertiary/aromatic N) is 2. The summed E-state index contributed by atoms with van der Waals surface area (Å²) in [4.78, 5) is 16.5. The zero-order chi connectivity index (χ0) is 13.7. The van der Waals surface area contributed by atoms with Crippen molar-refractivity contribution < 1.29 is 4.79 Å². The van der Waals surface area contributed by atoms with E-state index < -0.39 is 0 Å². The highest BCUT2D eigenvalue weighted by atomic mass is 16.2. The van der Waals surface area contributed by atoms with E-state index in [9.17, 15) is 4.79 Å². The molecular weight excluding hydrogens is 240 g/mol. The van der Waals surface area contributed by atoms with Crippen LogP contribution in [0.25, 0.3) is 0 Å². The Hall–Kier alpha value is -1.62. The molecule has 0 atom stereocenters. The third-order valence-corrected chi connectivity index (χ3v) is 3.27. The number of piperidine rings is 1. The average molecular weight is 262 g/mol. The lowest BCUT2D eigenvalue weighted by atomic mass is 10.1. The first kappa shape index (κ1) is 13.8. The van der Waals surface area contributed by atoms with Gasteiger partial charge < -0.3 is 5.32 Å². The fourth-order valence-electron chi connectivity index (χ4n) is 2.29. The number of carbonyl (C=O) groups excluding carboxylic acids is 1. The van der Waals surface area contributed by atoms with Crippen LogP contribution in [-0.4, -0.2) is 35.5 Å². The number of carbonyl (C=O) groups is 1. The Labute approximate surface area is 114 Å². The van der Waals surface area contributed by atoms with Crippen molar-refractivity contribution in [1.82, 2.24) is 15.4 Å². The molecule has 2 rings (SSSR count). The molecular formula is C14H22N4O. The normalized spacial score (nSPS) is 16.1. The number of aryl methyl sites for hydroxylation is 1. The van der Waals surface area contributed by atoms with E-state index in [0.717, 1.165) is 43.9 Å². The van der Waals surface area contributed by atoms with Crippen molar-refractivity contribution in [2.45, 2.75) is 33.1 Å². The molecule has 2 heterocycles. The maximum Gasteiger partial charge on any atom is 0.269 e. The van der Waals surface area contributed by atoms with Gasteiger partial charge in [-0.05, 0) is 32.8 Å². The highest BCUT2D eigenvalue weighted by molar-refractivity contribution is 5.99. The number of hydrazine groups is 1. The minimum absolute atomic E-state index is 0.0784. The predicted molar refractivity (Wildman–Crippen MR) is 76.0 cm³/mol. The maximum atomic E-state index is 12.3. The van der Waals surface area contributed by atoms with Crippen LogP contribution in [0.5, 0.6) is 0 Å². The number of amides is 1. The lowest BCUT2D eigenvalue weighted by Crippen LogP contribution is -2.45. The Bertz CT molecular complexity index is 441. The molecule has 2 N–H and O–H groups in total. The first-order valence-corrected chi connectivity index (χ1v) is 6.97. The molecule has 5 heteroatoms. The van der Waals surface area contributed by atoms with Gasteiger partial charge in [-0.2, -0.15) is 0 Å². The smallest absolute Gasteiger partial charge is 0.269 e. The second-order valence-corrected chi connectivity index (χ2v) is 4.89. The largest absolute Gasteiger partial charge is 0.385 e. The molecule has 0 bridgehead atoms. The van der Waals surface area contributed by atoms with Crippen LogP contribution in [0.4, 0.5) is 5.69 Å². The van der Waals surface area contributed by atoms with Gasteiger partial charge in [0.15, 0.2) is 0 Å². The van der Waals surface area contributed by atoms with Crippen LogP contribution < -0.4 is 10.7 Å². The molecule has 5 nitrogen and oxygen atoms in total. The molecule has 0 aliphatic carbocycles. The summed E-state index contributed by atoms with van der Waals surface area (Å²) in [5.41, 5.74) is 5.34. The number of aromatic nitrogens is 1. The van der Waals surface area contributed by atoms with Crippen molar-refractivity contribution in [1.29, 1.82) is 0 Å². The summed E-state index contributed by atoms with van der Waals surface area (Å²) in [6, 6.07) is 1.91. The lowest BCUT2D eigenvalue weighted by Gasteiger charge is -2.27. The van der Waals surface area contributed by atoms with Crippen LogP contribution in [0.2, 0.25) is 0 Å². The van der Waals surface area contributed by atoms with Crippen LogP contribution in [0.15, 0.2) is 12.3 Å². The summed E-state index contributed by atoms with van der Waals surface area (Å²) in [5, 5.41) is 5.22. The fraction of sp³-hybridized carbons (Fsp3) is 0.571. The second kappa shape index (κ2) is 6.52. The van der Waals surface area contributed by atoms with Gasteiger partial charge in [-0.15, -0.1) is 0 Å². The molecule has 1 aromatic rings. The third-order valence-electron chi connectivity index (χ3n) is 3.27. The van der Waals surface area contributed by atoms with Crippen LogP contribution in [0.1, 0.15) is 42.2 Å². The molecule has 0 radical (unpaired) electrons. The third kappa shape index (κ3) is 3.67. The summed E-state index contributed by atoms with van der Waals surface area (Å²) in [6.45, 7) is 6.59. The summed E-state index contributed by atoms with van der Waals surface area (Å²) >= 11 is 0.